The molecular formula is C37H43F6N3O. The second-order valence-electron chi connectivity index (χ2n) is 13.4. The summed E-state index contributed by atoms with van der Waals surface area (Å²) < 4.78 is 80.2. The molecule has 5 rings (SSSR count). The monoisotopic (exact) mass is 659 g/mol. The van der Waals surface area contributed by atoms with Crippen LogP contribution in [0.15, 0.2) is 72.8 Å². The number of rotatable bonds is 8. The van der Waals surface area contributed by atoms with Gasteiger partial charge in [-0.25, -0.2) is 0 Å². The smallest absolute Gasteiger partial charge is 0.371 e. The Hall–Kier alpha value is -3.53. The molecule has 3 aromatic carbocycles. The van der Waals surface area contributed by atoms with Crippen molar-refractivity contribution in [2.75, 3.05) is 32.1 Å². The van der Waals surface area contributed by atoms with Crippen LogP contribution in [0.2, 0.25) is 0 Å². The van der Waals surface area contributed by atoms with Crippen molar-refractivity contribution in [3.63, 3.8) is 0 Å². The summed E-state index contributed by atoms with van der Waals surface area (Å²) in [4.78, 5) is 17.9. The van der Waals surface area contributed by atoms with E-state index in [9.17, 15) is 31.1 Å². The fraction of sp³-hybridized carbons (Fsp3) is 0.486. The zero-order valence-corrected chi connectivity index (χ0v) is 27.1. The number of amides is 1. The van der Waals surface area contributed by atoms with Gasteiger partial charge in [-0.3, -0.25) is 4.79 Å². The highest BCUT2D eigenvalue weighted by Gasteiger charge is 2.39. The first-order valence-electron chi connectivity index (χ1n) is 16.3. The number of benzene rings is 3. The summed E-state index contributed by atoms with van der Waals surface area (Å²) in [5.74, 6) is -1.46. The Labute approximate surface area is 273 Å². The molecule has 1 saturated heterocycles. The van der Waals surface area contributed by atoms with Gasteiger partial charge in [0.05, 0.1) is 17.0 Å². The third-order valence-electron chi connectivity index (χ3n) is 10.3. The number of para-hydroxylation sites is 1. The predicted molar refractivity (Wildman–Crippen MR) is 172 cm³/mol. The van der Waals surface area contributed by atoms with E-state index >= 15 is 0 Å². The number of carbonyl (C=O) groups is 1. The van der Waals surface area contributed by atoms with Gasteiger partial charge >= 0.3 is 12.4 Å². The maximum atomic E-state index is 13.4. The van der Waals surface area contributed by atoms with E-state index in [1.54, 1.807) is 0 Å². The Morgan fingerprint density at radius 1 is 0.851 bits per heavy atom. The number of nitrogens with zero attached hydrogens (tertiary/aromatic N) is 2. The van der Waals surface area contributed by atoms with E-state index in [2.05, 4.69) is 77.7 Å². The molecule has 1 saturated carbocycles. The number of halogens is 6. The summed E-state index contributed by atoms with van der Waals surface area (Å²) in [5, 5.41) is 2.91. The highest BCUT2D eigenvalue weighted by atomic mass is 19.4. The van der Waals surface area contributed by atoms with Crippen molar-refractivity contribution in [2.24, 2.45) is 0 Å². The quantitative estimate of drug-likeness (QED) is 0.246. The average Bonchev–Trinajstić information content (AvgIpc) is 3.04. The van der Waals surface area contributed by atoms with Crippen molar-refractivity contribution < 1.29 is 31.1 Å². The molecule has 0 radical (unpaired) electrons. The third kappa shape index (κ3) is 8.13. The van der Waals surface area contributed by atoms with Gasteiger partial charge in [0.15, 0.2) is 0 Å². The van der Waals surface area contributed by atoms with Crippen LogP contribution in [0.3, 0.4) is 0 Å². The van der Waals surface area contributed by atoms with Gasteiger partial charge in [-0.1, -0.05) is 48.5 Å². The maximum Gasteiger partial charge on any atom is 0.416 e. The second-order valence-corrected chi connectivity index (χ2v) is 13.4. The number of carbonyl (C=O) groups excluding carboxylic acids is 1. The normalized spacial score (nSPS) is 21.0. The lowest BCUT2D eigenvalue weighted by Crippen LogP contribution is -2.54. The van der Waals surface area contributed by atoms with Crippen LogP contribution >= 0.6 is 0 Å². The summed E-state index contributed by atoms with van der Waals surface area (Å²) in [7, 11) is 4.34. The molecule has 3 aromatic rings. The molecule has 1 atom stereocenters. The number of piperidine rings is 1. The molecule has 1 N–H and O–H groups in total. The molecule has 1 aliphatic carbocycles. The fourth-order valence-corrected chi connectivity index (χ4v) is 7.30. The molecule has 4 nitrogen and oxygen atoms in total. The molecule has 47 heavy (non-hydrogen) atoms. The van der Waals surface area contributed by atoms with E-state index in [1.165, 1.54) is 23.7 Å². The fourth-order valence-electron chi connectivity index (χ4n) is 7.30. The lowest BCUT2D eigenvalue weighted by molar-refractivity contribution is -0.143. The number of alkyl halides is 6. The van der Waals surface area contributed by atoms with Gasteiger partial charge in [0.2, 0.25) is 5.91 Å². The summed E-state index contributed by atoms with van der Waals surface area (Å²) in [5.41, 5.74) is 0.810. The molecule has 0 bridgehead atoms. The molecule has 254 valence electrons. The number of hydrogen-bond acceptors (Lipinski definition) is 3. The molecule has 10 heteroatoms. The zero-order valence-electron chi connectivity index (χ0n) is 27.1. The van der Waals surface area contributed by atoms with Gasteiger partial charge in [0.25, 0.3) is 0 Å². The molecule has 2 fully saturated rings. The van der Waals surface area contributed by atoms with Crippen molar-refractivity contribution in [2.45, 2.75) is 87.6 Å². The Bertz CT molecular complexity index is 1470. The van der Waals surface area contributed by atoms with Gasteiger partial charge in [-0.2, -0.15) is 26.3 Å². The Morgan fingerprint density at radius 2 is 1.40 bits per heavy atom. The first kappa shape index (κ1) is 34.8. The summed E-state index contributed by atoms with van der Waals surface area (Å²) in [6.07, 6.45) is -3.86. The standard InChI is InChI=1S/C37H43F6N3O/c1-25(28-21-29(36(38,39)40)23-30(22-28)37(41,42)43)34(47)44-31-15-13-27(14-16-31)32-11-7-8-12-33(32)46-19-17-35(18-20-46,45(2)3)24-26-9-5-4-6-10-26/h4-12,21-23,25,27,31H,13-20,24H2,1-3H3,(H,44,47). The second kappa shape index (κ2) is 13.9. The molecule has 2 aliphatic rings. The van der Waals surface area contributed by atoms with Crippen molar-refractivity contribution >= 4 is 11.6 Å². The first-order valence-corrected chi connectivity index (χ1v) is 16.3. The van der Waals surface area contributed by atoms with Crippen molar-refractivity contribution in [1.82, 2.24) is 10.2 Å². The van der Waals surface area contributed by atoms with Gasteiger partial charge in [0.1, 0.15) is 0 Å². The van der Waals surface area contributed by atoms with Gasteiger partial charge in [-0.05, 0) is 113 Å². The van der Waals surface area contributed by atoms with Crippen molar-refractivity contribution in [1.29, 1.82) is 0 Å². The minimum atomic E-state index is -4.97. The summed E-state index contributed by atoms with van der Waals surface area (Å²) in [6.45, 7) is 3.23. The minimum Gasteiger partial charge on any atom is -0.371 e. The highest BCUT2D eigenvalue weighted by Crippen LogP contribution is 2.41. The molecule has 1 heterocycles. The molecule has 1 unspecified atom stereocenters. The van der Waals surface area contributed by atoms with Crippen molar-refractivity contribution in [3.8, 4) is 0 Å². The van der Waals surface area contributed by atoms with Gasteiger partial charge < -0.3 is 15.1 Å². The largest absolute Gasteiger partial charge is 0.416 e. The van der Waals surface area contributed by atoms with E-state index < -0.39 is 35.3 Å². The van der Waals surface area contributed by atoms with Crippen LogP contribution in [-0.2, 0) is 23.6 Å². The Kier molecular flexibility index (Phi) is 10.3. The van der Waals surface area contributed by atoms with Crippen LogP contribution in [0.1, 0.15) is 85.1 Å². The van der Waals surface area contributed by atoms with Crippen LogP contribution in [0.25, 0.3) is 0 Å². The summed E-state index contributed by atoms with van der Waals surface area (Å²) >= 11 is 0. The van der Waals surface area contributed by atoms with Crippen LogP contribution in [0.5, 0.6) is 0 Å². The van der Waals surface area contributed by atoms with Crippen LogP contribution in [-0.4, -0.2) is 49.6 Å². The number of nitrogens with one attached hydrogen (secondary N) is 1. The lowest BCUT2D eigenvalue weighted by Gasteiger charge is -2.47. The van der Waals surface area contributed by atoms with Crippen LogP contribution in [0.4, 0.5) is 32.0 Å². The molecule has 1 amide bonds. The number of hydrogen-bond donors (Lipinski definition) is 1. The summed E-state index contributed by atoms with van der Waals surface area (Å²) in [6, 6.07) is 20.3. The number of anilines is 1. The van der Waals surface area contributed by atoms with Gasteiger partial charge in [0, 0.05) is 30.4 Å². The molecule has 0 spiro atoms. The third-order valence-corrected chi connectivity index (χ3v) is 10.3. The van der Waals surface area contributed by atoms with E-state index in [-0.39, 0.29) is 23.2 Å². The van der Waals surface area contributed by atoms with E-state index in [0.717, 1.165) is 45.2 Å². The Morgan fingerprint density at radius 3 is 1.96 bits per heavy atom. The van der Waals surface area contributed by atoms with E-state index in [1.807, 2.05) is 6.07 Å². The molecule has 1 aliphatic heterocycles. The topological polar surface area (TPSA) is 35.6 Å². The first-order chi connectivity index (χ1) is 22.2. The molecule has 0 aromatic heterocycles. The SMILES string of the molecule is CC(C(=O)NC1CCC(c2ccccc2N2CCC(Cc3ccccc3)(N(C)C)CC2)CC1)c1cc(C(F)(F)F)cc(C(F)(F)F)c1. The van der Waals surface area contributed by atoms with Crippen molar-refractivity contribution in [3.05, 3.63) is 101 Å². The predicted octanol–water partition coefficient (Wildman–Crippen LogP) is 8.81. The van der Waals surface area contributed by atoms with Crippen LogP contribution in [0, 0.1) is 0 Å². The minimum absolute atomic E-state index is 0.0838. The van der Waals surface area contributed by atoms with E-state index in [0.29, 0.717) is 30.9 Å². The van der Waals surface area contributed by atoms with E-state index in [4.69, 9.17) is 0 Å². The van der Waals surface area contributed by atoms with Gasteiger partial charge in [-0.15, -0.1) is 0 Å². The zero-order chi connectivity index (χ0) is 34.0. The Balaban J connectivity index is 1.21. The maximum absolute atomic E-state index is 13.4. The van der Waals surface area contributed by atoms with Crippen LogP contribution < -0.4 is 10.2 Å². The highest BCUT2D eigenvalue weighted by molar-refractivity contribution is 5.83. The number of likely N-dealkylation sites (N-methyl/N-ethyl adjacent to an activating group) is 1. The molecular weight excluding hydrogens is 616 g/mol. The average molecular weight is 660 g/mol. The lowest BCUT2D eigenvalue weighted by atomic mass is 9.79.